The Bertz CT molecular complexity index is 742. The molecule has 0 spiro atoms. The molecule has 2 rings (SSSR count). The maximum absolute atomic E-state index is 12.1. The lowest BCUT2D eigenvalue weighted by Crippen LogP contribution is -2.28. The Morgan fingerprint density at radius 3 is 2.35 bits per heavy atom. The number of carbonyl (C=O) groups excluding carboxylic acids is 1. The summed E-state index contributed by atoms with van der Waals surface area (Å²) in [6.45, 7) is 12.2. The minimum Gasteiger partial charge on any atom is -0.488 e. The van der Waals surface area contributed by atoms with Crippen LogP contribution in [-0.4, -0.2) is 12.1 Å². The molecule has 0 bridgehead atoms. The van der Waals surface area contributed by atoms with Crippen molar-refractivity contribution in [3.63, 3.8) is 0 Å². The average molecular weight is 354 g/mol. The van der Waals surface area contributed by atoms with Gasteiger partial charge < -0.3 is 9.47 Å². The van der Waals surface area contributed by atoms with Crippen molar-refractivity contribution < 1.29 is 14.3 Å². The van der Waals surface area contributed by atoms with Gasteiger partial charge in [0.05, 0.1) is 5.41 Å². The number of aryl methyl sites for hydroxylation is 2. The molecule has 0 unspecified atom stereocenters. The quantitative estimate of drug-likeness (QED) is 0.651. The zero-order chi connectivity index (χ0) is 19.3. The molecule has 0 fully saturated rings. The SMILES string of the molecule is Cc1cc(C)c(OCc2ccccc2)c(C[C@H](C)OC(=O)C(C)(C)C)c1. The Balaban J connectivity index is 2.15. The van der Waals surface area contributed by atoms with Crippen molar-refractivity contribution in [3.8, 4) is 5.75 Å². The third kappa shape index (κ3) is 5.62. The molecule has 0 aliphatic carbocycles. The Hall–Kier alpha value is -2.29. The van der Waals surface area contributed by atoms with Crippen LogP contribution in [0.5, 0.6) is 5.75 Å². The summed E-state index contributed by atoms with van der Waals surface area (Å²) in [6.07, 6.45) is 0.427. The molecule has 3 heteroatoms. The van der Waals surface area contributed by atoms with E-state index >= 15 is 0 Å². The molecule has 0 aliphatic rings. The van der Waals surface area contributed by atoms with Crippen LogP contribution in [0.2, 0.25) is 0 Å². The molecule has 0 amide bonds. The van der Waals surface area contributed by atoms with Crippen LogP contribution in [0.4, 0.5) is 0 Å². The number of esters is 1. The highest BCUT2D eigenvalue weighted by molar-refractivity contribution is 5.75. The van der Waals surface area contributed by atoms with E-state index in [9.17, 15) is 4.79 Å². The van der Waals surface area contributed by atoms with E-state index in [1.165, 1.54) is 5.56 Å². The first-order chi connectivity index (χ1) is 12.2. The Morgan fingerprint density at radius 2 is 1.73 bits per heavy atom. The molecule has 0 saturated heterocycles. The molecule has 2 aromatic carbocycles. The normalized spacial score (nSPS) is 12.5. The summed E-state index contributed by atoms with van der Waals surface area (Å²) in [5, 5.41) is 0. The van der Waals surface area contributed by atoms with Gasteiger partial charge in [-0.1, -0.05) is 48.0 Å². The van der Waals surface area contributed by atoms with E-state index < -0.39 is 5.41 Å². The molecule has 0 aliphatic heterocycles. The van der Waals surface area contributed by atoms with Crippen LogP contribution in [0.1, 0.15) is 49.9 Å². The zero-order valence-corrected chi connectivity index (χ0v) is 16.8. The van der Waals surface area contributed by atoms with Crippen molar-refractivity contribution in [2.24, 2.45) is 5.41 Å². The van der Waals surface area contributed by atoms with E-state index in [4.69, 9.17) is 9.47 Å². The number of benzene rings is 2. The zero-order valence-electron chi connectivity index (χ0n) is 16.8. The van der Waals surface area contributed by atoms with Gasteiger partial charge in [-0.25, -0.2) is 0 Å². The van der Waals surface area contributed by atoms with Crippen LogP contribution in [0, 0.1) is 19.3 Å². The van der Waals surface area contributed by atoms with Gasteiger partial charge in [0, 0.05) is 6.42 Å². The van der Waals surface area contributed by atoms with Gasteiger partial charge in [-0.05, 0) is 58.2 Å². The fraction of sp³-hybridized carbons (Fsp3) is 0.435. The number of carbonyl (C=O) groups is 1. The third-order valence-corrected chi connectivity index (χ3v) is 4.15. The molecule has 0 heterocycles. The van der Waals surface area contributed by atoms with Crippen LogP contribution >= 0.6 is 0 Å². The highest BCUT2D eigenvalue weighted by atomic mass is 16.5. The summed E-state index contributed by atoms with van der Waals surface area (Å²) < 4.78 is 11.8. The summed E-state index contributed by atoms with van der Waals surface area (Å²) in [4.78, 5) is 12.1. The monoisotopic (exact) mass is 354 g/mol. The maximum atomic E-state index is 12.1. The van der Waals surface area contributed by atoms with Gasteiger partial charge in [0.2, 0.25) is 0 Å². The van der Waals surface area contributed by atoms with Crippen molar-refractivity contribution in [2.45, 2.75) is 60.7 Å². The van der Waals surface area contributed by atoms with E-state index in [0.29, 0.717) is 13.0 Å². The third-order valence-electron chi connectivity index (χ3n) is 4.15. The van der Waals surface area contributed by atoms with Crippen LogP contribution < -0.4 is 4.74 Å². The van der Waals surface area contributed by atoms with Gasteiger partial charge in [-0.3, -0.25) is 4.79 Å². The van der Waals surface area contributed by atoms with Crippen LogP contribution in [-0.2, 0) is 22.6 Å². The minimum atomic E-state index is -0.497. The van der Waals surface area contributed by atoms with E-state index in [-0.39, 0.29) is 12.1 Å². The highest BCUT2D eigenvalue weighted by Gasteiger charge is 2.25. The maximum Gasteiger partial charge on any atom is 0.311 e. The number of hydrogen-bond donors (Lipinski definition) is 0. The summed E-state index contributed by atoms with van der Waals surface area (Å²) in [5.74, 6) is 0.708. The molecule has 0 N–H and O–H groups in total. The molecule has 140 valence electrons. The smallest absolute Gasteiger partial charge is 0.311 e. The van der Waals surface area contributed by atoms with Crippen molar-refractivity contribution in [3.05, 3.63) is 64.7 Å². The second-order valence-electron chi connectivity index (χ2n) is 8.01. The van der Waals surface area contributed by atoms with Gasteiger partial charge in [-0.2, -0.15) is 0 Å². The van der Waals surface area contributed by atoms with Crippen molar-refractivity contribution >= 4 is 5.97 Å². The van der Waals surface area contributed by atoms with E-state index in [1.54, 1.807) is 0 Å². The molecule has 0 aromatic heterocycles. The van der Waals surface area contributed by atoms with Crippen LogP contribution in [0.3, 0.4) is 0 Å². The average Bonchev–Trinajstić information content (AvgIpc) is 2.53. The highest BCUT2D eigenvalue weighted by Crippen LogP contribution is 2.28. The lowest BCUT2D eigenvalue weighted by atomic mass is 9.97. The number of hydrogen-bond acceptors (Lipinski definition) is 3. The van der Waals surface area contributed by atoms with Gasteiger partial charge in [0.25, 0.3) is 0 Å². The second-order valence-corrected chi connectivity index (χ2v) is 8.01. The lowest BCUT2D eigenvalue weighted by molar-refractivity contribution is -0.157. The molecule has 3 nitrogen and oxygen atoms in total. The van der Waals surface area contributed by atoms with E-state index in [1.807, 2.05) is 45.9 Å². The van der Waals surface area contributed by atoms with Gasteiger partial charge in [0.1, 0.15) is 18.5 Å². The van der Waals surface area contributed by atoms with Gasteiger partial charge in [0.15, 0.2) is 0 Å². The Morgan fingerprint density at radius 1 is 1.08 bits per heavy atom. The fourth-order valence-electron chi connectivity index (χ4n) is 2.84. The fourth-order valence-corrected chi connectivity index (χ4v) is 2.84. The van der Waals surface area contributed by atoms with Crippen molar-refractivity contribution in [1.82, 2.24) is 0 Å². The summed E-state index contributed by atoms with van der Waals surface area (Å²) in [6, 6.07) is 14.4. The molecule has 1 atom stereocenters. The Kier molecular flexibility index (Phi) is 6.47. The molecule has 0 saturated carbocycles. The molecule has 0 radical (unpaired) electrons. The van der Waals surface area contributed by atoms with E-state index in [0.717, 1.165) is 22.4 Å². The summed E-state index contributed by atoms with van der Waals surface area (Å²) in [7, 11) is 0. The molecular formula is C23H30O3. The predicted octanol–water partition coefficient (Wildman–Crippen LogP) is 5.40. The van der Waals surface area contributed by atoms with Crippen LogP contribution in [0.15, 0.2) is 42.5 Å². The molecule has 2 aromatic rings. The Labute approximate surface area is 157 Å². The first-order valence-electron chi connectivity index (χ1n) is 9.14. The second kappa shape index (κ2) is 8.39. The van der Waals surface area contributed by atoms with Crippen molar-refractivity contribution in [2.75, 3.05) is 0 Å². The number of rotatable bonds is 6. The first kappa shape index (κ1) is 20.0. The summed E-state index contributed by atoms with van der Waals surface area (Å²) in [5.41, 5.74) is 3.99. The lowest BCUT2D eigenvalue weighted by Gasteiger charge is -2.22. The van der Waals surface area contributed by atoms with Crippen molar-refractivity contribution in [1.29, 1.82) is 0 Å². The first-order valence-corrected chi connectivity index (χ1v) is 9.14. The minimum absolute atomic E-state index is 0.180. The summed E-state index contributed by atoms with van der Waals surface area (Å²) >= 11 is 0. The van der Waals surface area contributed by atoms with E-state index in [2.05, 4.69) is 38.1 Å². The molecule has 26 heavy (non-hydrogen) atoms. The van der Waals surface area contributed by atoms with Crippen LogP contribution in [0.25, 0.3) is 0 Å². The largest absolute Gasteiger partial charge is 0.488 e. The predicted molar refractivity (Wildman–Crippen MR) is 105 cm³/mol. The standard InChI is InChI=1S/C23H30O3/c1-16-12-17(2)21(25-15-19-10-8-7-9-11-19)20(13-16)14-18(3)26-22(24)23(4,5)6/h7-13,18H,14-15H2,1-6H3/t18-/m0/s1. The van der Waals surface area contributed by atoms with Gasteiger partial charge in [-0.15, -0.1) is 0 Å². The topological polar surface area (TPSA) is 35.5 Å². The number of ether oxygens (including phenoxy) is 2. The van der Waals surface area contributed by atoms with Gasteiger partial charge >= 0.3 is 5.97 Å². The molecular weight excluding hydrogens is 324 g/mol.